The Bertz CT molecular complexity index is 357. The molecule has 0 aromatic heterocycles. The SMILES string of the molecule is CC(F)(c1ccccc1F)C1CCNCC1. The van der Waals surface area contributed by atoms with Crippen LogP contribution in [0.4, 0.5) is 8.78 Å². The van der Waals surface area contributed by atoms with Crippen LogP contribution in [-0.2, 0) is 5.67 Å². The van der Waals surface area contributed by atoms with E-state index in [1.807, 2.05) is 0 Å². The van der Waals surface area contributed by atoms with Crippen molar-refractivity contribution in [2.75, 3.05) is 13.1 Å². The first-order valence-electron chi connectivity index (χ1n) is 5.77. The summed E-state index contributed by atoms with van der Waals surface area (Å²) in [4.78, 5) is 0. The zero-order valence-electron chi connectivity index (χ0n) is 9.47. The van der Waals surface area contributed by atoms with Gasteiger partial charge in [0.15, 0.2) is 0 Å². The van der Waals surface area contributed by atoms with E-state index in [1.165, 1.54) is 13.0 Å². The Morgan fingerprint density at radius 2 is 1.88 bits per heavy atom. The third-order valence-electron chi connectivity index (χ3n) is 3.51. The lowest BCUT2D eigenvalue weighted by atomic mass is 9.79. The van der Waals surface area contributed by atoms with E-state index >= 15 is 0 Å². The van der Waals surface area contributed by atoms with Gasteiger partial charge in [0.05, 0.1) is 0 Å². The average Bonchev–Trinajstić information content (AvgIpc) is 2.30. The average molecular weight is 225 g/mol. The smallest absolute Gasteiger partial charge is 0.138 e. The first kappa shape index (κ1) is 11.5. The van der Waals surface area contributed by atoms with Crippen molar-refractivity contribution in [3.63, 3.8) is 0 Å². The van der Waals surface area contributed by atoms with Gasteiger partial charge in [0, 0.05) is 5.56 Å². The summed E-state index contributed by atoms with van der Waals surface area (Å²) in [6.45, 7) is 3.14. The molecule has 88 valence electrons. The number of piperidine rings is 1. The van der Waals surface area contributed by atoms with Crippen LogP contribution in [0.2, 0.25) is 0 Å². The van der Waals surface area contributed by atoms with Crippen molar-refractivity contribution in [2.45, 2.75) is 25.4 Å². The lowest BCUT2D eigenvalue weighted by Crippen LogP contribution is -2.37. The topological polar surface area (TPSA) is 12.0 Å². The second-order valence-corrected chi connectivity index (χ2v) is 4.58. The number of benzene rings is 1. The minimum absolute atomic E-state index is 0.0920. The van der Waals surface area contributed by atoms with Gasteiger partial charge in [-0.1, -0.05) is 18.2 Å². The van der Waals surface area contributed by atoms with Crippen LogP contribution in [0, 0.1) is 11.7 Å². The fourth-order valence-corrected chi connectivity index (χ4v) is 2.44. The van der Waals surface area contributed by atoms with E-state index in [1.54, 1.807) is 18.2 Å². The standard InChI is InChI=1S/C13H17F2N/c1-13(15,10-6-8-16-9-7-10)11-4-2-3-5-12(11)14/h2-5,10,16H,6-9H2,1H3. The number of rotatable bonds is 2. The van der Waals surface area contributed by atoms with Gasteiger partial charge in [-0.25, -0.2) is 8.78 Å². The molecule has 1 aromatic rings. The molecule has 1 N–H and O–H groups in total. The molecule has 0 radical (unpaired) electrons. The fourth-order valence-electron chi connectivity index (χ4n) is 2.44. The molecule has 1 fully saturated rings. The van der Waals surface area contributed by atoms with Crippen LogP contribution in [-0.4, -0.2) is 13.1 Å². The Labute approximate surface area is 94.9 Å². The maximum absolute atomic E-state index is 14.7. The van der Waals surface area contributed by atoms with Crippen molar-refractivity contribution in [3.8, 4) is 0 Å². The lowest BCUT2D eigenvalue weighted by Gasteiger charge is -2.34. The van der Waals surface area contributed by atoms with Crippen LogP contribution in [0.3, 0.4) is 0 Å². The summed E-state index contributed by atoms with van der Waals surface area (Å²) in [5, 5.41) is 3.19. The lowest BCUT2D eigenvalue weighted by molar-refractivity contribution is 0.0734. The summed E-state index contributed by atoms with van der Waals surface area (Å²) >= 11 is 0. The van der Waals surface area contributed by atoms with E-state index in [9.17, 15) is 8.78 Å². The first-order chi connectivity index (χ1) is 7.62. The molecule has 1 unspecified atom stereocenters. The van der Waals surface area contributed by atoms with E-state index in [2.05, 4.69) is 5.32 Å². The molecule has 0 spiro atoms. The molecule has 16 heavy (non-hydrogen) atoms. The van der Waals surface area contributed by atoms with Gasteiger partial charge in [0.25, 0.3) is 0 Å². The Balaban J connectivity index is 2.26. The van der Waals surface area contributed by atoms with Crippen molar-refractivity contribution in [3.05, 3.63) is 35.6 Å². The number of alkyl halides is 1. The van der Waals surface area contributed by atoms with Crippen molar-refractivity contribution >= 4 is 0 Å². The van der Waals surface area contributed by atoms with Crippen LogP contribution in [0.5, 0.6) is 0 Å². The van der Waals surface area contributed by atoms with Gasteiger partial charge in [-0.2, -0.15) is 0 Å². The van der Waals surface area contributed by atoms with Gasteiger partial charge in [-0.15, -0.1) is 0 Å². The van der Waals surface area contributed by atoms with E-state index in [4.69, 9.17) is 0 Å². The highest BCUT2D eigenvalue weighted by molar-refractivity contribution is 5.24. The molecule has 1 aliphatic rings. The molecule has 1 saturated heterocycles. The zero-order valence-corrected chi connectivity index (χ0v) is 9.47. The van der Waals surface area contributed by atoms with E-state index in [0.717, 1.165) is 25.9 Å². The summed E-state index contributed by atoms with van der Waals surface area (Å²) in [5.74, 6) is -0.531. The minimum Gasteiger partial charge on any atom is -0.317 e. The molecule has 1 heterocycles. The predicted octanol–water partition coefficient (Wildman–Crippen LogP) is 3.01. The van der Waals surface area contributed by atoms with Crippen molar-refractivity contribution in [1.29, 1.82) is 0 Å². The van der Waals surface area contributed by atoms with Gasteiger partial charge < -0.3 is 5.32 Å². The van der Waals surface area contributed by atoms with Crippen LogP contribution >= 0.6 is 0 Å². The Kier molecular flexibility index (Phi) is 3.24. The maximum atomic E-state index is 14.7. The van der Waals surface area contributed by atoms with E-state index < -0.39 is 11.5 Å². The summed E-state index contributed by atoms with van der Waals surface area (Å²) in [5.41, 5.74) is -1.37. The molecule has 3 heteroatoms. The van der Waals surface area contributed by atoms with Gasteiger partial charge >= 0.3 is 0 Å². The van der Waals surface area contributed by atoms with Crippen molar-refractivity contribution in [2.24, 2.45) is 5.92 Å². The van der Waals surface area contributed by atoms with Crippen LogP contribution in [0.25, 0.3) is 0 Å². The van der Waals surface area contributed by atoms with Gasteiger partial charge in [0.1, 0.15) is 11.5 Å². The van der Waals surface area contributed by atoms with Crippen molar-refractivity contribution < 1.29 is 8.78 Å². The minimum atomic E-state index is -1.56. The molecular formula is C13H17F2N. The maximum Gasteiger partial charge on any atom is 0.138 e. The zero-order chi connectivity index (χ0) is 11.6. The fraction of sp³-hybridized carbons (Fsp3) is 0.538. The Morgan fingerprint density at radius 3 is 2.50 bits per heavy atom. The highest BCUT2D eigenvalue weighted by Crippen LogP contribution is 2.39. The third kappa shape index (κ3) is 2.09. The van der Waals surface area contributed by atoms with E-state index in [-0.39, 0.29) is 11.5 Å². The molecule has 0 bridgehead atoms. The molecule has 1 aliphatic heterocycles. The number of hydrogen-bond donors (Lipinski definition) is 1. The van der Waals surface area contributed by atoms with Gasteiger partial charge in [-0.05, 0) is 44.8 Å². The third-order valence-corrected chi connectivity index (χ3v) is 3.51. The summed E-state index contributed by atoms with van der Waals surface area (Å²) in [6.07, 6.45) is 1.53. The number of hydrogen-bond acceptors (Lipinski definition) is 1. The summed E-state index contributed by atoms with van der Waals surface area (Å²) < 4.78 is 28.3. The van der Waals surface area contributed by atoms with Crippen molar-refractivity contribution in [1.82, 2.24) is 5.32 Å². The number of nitrogens with one attached hydrogen (secondary N) is 1. The molecule has 2 rings (SSSR count). The molecular weight excluding hydrogens is 208 g/mol. The van der Waals surface area contributed by atoms with Gasteiger partial charge in [-0.3, -0.25) is 0 Å². The first-order valence-corrected chi connectivity index (χ1v) is 5.77. The monoisotopic (exact) mass is 225 g/mol. The number of halogens is 2. The quantitative estimate of drug-likeness (QED) is 0.815. The van der Waals surface area contributed by atoms with Crippen LogP contribution in [0.1, 0.15) is 25.3 Å². The van der Waals surface area contributed by atoms with Gasteiger partial charge in [0.2, 0.25) is 0 Å². The Hall–Kier alpha value is -0.960. The highest BCUT2D eigenvalue weighted by Gasteiger charge is 2.38. The normalized spacial score (nSPS) is 21.7. The molecule has 1 aromatic carbocycles. The van der Waals surface area contributed by atoms with Crippen LogP contribution in [0.15, 0.2) is 24.3 Å². The molecule has 0 amide bonds. The summed E-state index contributed by atoms with van der Waals surface area (Å²) in [7, 11) is 0. The summed E-state index contributed by atoms with van der Waals surface area (Å²) in [6, 6.07) is 6.17. The molecule has 0 saturated carbocycles. The predicted molar refractivity (Wildman–Crippen MR) is 60.5 cm³/mol. The second kappa shape index (κ2) is 4.50. The Morgan fingerprint density at radius 1 is 1.25 bits per heavy atom. The molecule has 0 aliphatic carbocycles. The largest absolute Gasteiger partial charge is 0.317 e. The highest BCUT2D eigenvalue weighted by atomic mass is 19.1. The molecule has 1 atom stereocenters. The van der Waals surface area contributed by atoms with E-state index in [0.29, 0.717) is 0 Å². The second-order valence-electron chi connectivity index (χ2n) is 4.58. The molecule has 1 nitrogen and oxygen atoms in total. The van der Waals surface area contributed by atoms with Crippen LogP contribution < -0.4 is 5.32 Å².